The first-order valence-corrected chi connectivity index (χ1v) is 10.4. The van der Waals surface area contributed by atoms with Gasteiger partial charge >= 0.3 is 0 Å². The molecule has 1 aliphatic heterocycles. The van der Waals surface area contributed by atoms with Crippen molar-refractivity contribution in [2.45, 2.75) is 45.1 Å². The molecule has 3 nitrogen and oxygen atoms in total. The molecule has 26 heavy (non-hydrogen) atoms. The molecular formula is C22H29FN2O. The van der Waals surface area contributed by atoms with Crippen LogP contribution in [-0.2, 0) is 11.3 Å². The maximum absolute atomic E-state index is 13.4. The van der Waals surface area contributed by atoms with Crippen LogP contribution in [0.15, 0.2) is 24.3 Å². The van der Waals surface area contributed by atoms with Crippen molar-refractivity contribution in [2.75, 3.05) is 26.2 Å². The molecule has 1 amide bonds. The van der Waals surface area contributed by atoms with Gasteiger partial charge in [0.1, 0.15) is 5.82 Å². The van der Waals surface area contributed by atoms with Gasteiger partial charge < -0.3 is 4.90 Å². The van der Waals surface area contributed by atoms with E-state index in [0.717, 1.165) is 75.3 Å². The predicted molar refractivity (Wildman–Crippen MR) is 98.9 cm³/mol. The number of nitrogens with zero attached hydrogens (tertiary/aromatic N) is 2. The van der Waals surface area contributed by atoms with E-state index >= 15 is 0 Å². The van der Waals surface area contributed by atoms with Crippen molar-refractivity contribution in [2.24, 2.45) is 23.2 Å². The first kappa shape index (κ1) is 16.7. The van der Waals surface area contributed by atoms with Crippen LogP contribution in [0, 0.1) is 29.0 Å². The fourth-order valence-electron chi connectivity index (χ4n) is 6.67. The smallest absolute Gasteiger partial charge is 0.228 e. The van der Waals surface area contributed by atoms with Gasteiger partial charge in [0.15, 0.2) is 0 Å². The maximum Gasteiger partial charge on any atom is 0.228 e. The molecule has 4 aliphatic carbocycles. The normalized spacial score (nSPS) is 36.5. The molecule has 1 heterocycles. The van der Waals surface area contributed by atoms with Gasteiger partial charge in [-0.1, -0.05) is 12.1 Å². The molecule has 0 unspecified atom stereocenters. The Morgan fingerprint density at radius 3 is 2.00 bits per heavy atom. The number of benzene rings is 1. The minimum atomic E-state index is -0.181. The van der Waals surface area contributed by atoms with Crippen LogP contribution in [0.1, 0.15) is 44.1 Å². The summed E-state index contributed by atoms with van der Waals surface area (Å²) in [7, 11) is 0. The van der Waals surface area contributed by atoms with Gasteiger partial charge in [-0.05, 0) is 74.0 Å². The summed E-state index contributed by atoms with van der Waals surface area (Å²) in [6.45, 7) is 4.40. The van der Waals surface area contributed by atoms with Crippen LogP contribution in [0.25, 0.3) is 0 Å². The van der Waals surface area contributed by atoms with E-state index in [4.69, 9.17) is 0 Å². The maximum atomic E-state index is 13.4. The van der Waals surface area contributed by atoms with Gasteiger partial charge in [0, 0.05) is 32.7 Å². The fourth-order valence-corrected chi connectivity index (χ4v) is 6.67. The predicted octanol–water partition coefficient (Wildman–Crippen LogP) is 3.69. The highest BCUT2D eigenvalue weighted by Crippen LogP contribution is 2.60. The lowest BCUT2D eigenvalue weighted by molar-refractivity contribution is -0.159. The lowest BCUT2D eigenvalue weighted by Crippen LogP contribution is -2.58. The number of piperazine rings is 1. The Labute approximate surface area is 155 Å². The minimum Gasteiger partial charge on any atom is -0.340 e. The Balaban J connectivity index is 1.20. The monoisotopic (exact) mass is 356 g/mol. The number of amides is 1. The van der Waals surface area contributed by atoms with Crippen LogP contribution >= 0.6 is 0 Å². The van der Waals surface area contributed by atoms with Crippen molar-refractivity contribution in [3.8, 4) is 0 Å². The summed E-state index contributed by atoms with van der Waals surface area (Å²) in [6.07, 6.45) is 7.64. The summed E-state index contributed by atoms with van der Waals surface area (Å²) in [5.74, 6) is 2.76. The van der Waals surface area contributed by atoms with Crippen molar-refractivity contribution < 1.29 is 9.18 Å². The molecule has 4 saturated carbocycles. The molecule has 1 aromatic carbocycles. The number of hydrogen-bond acceptors (Lipinski definition) is 2. The lowest BCUT2D eigenvalue weighted by atomic mass is 9.49. The van der Waals surface area contributed by atoms with Crippen molar-refractivity contribution in [3.05, 3.63) is 35.6 Å². The Morgan fingerprint density at radius 1 is 0.923 bits per heavy atom. The van der Waals surface area contributed by atoms with Crippen molar-refractivity contribution in [1.82, 2.24) is 9.80 Å². The highest BCUT2D eigenvalue weighted by molar-refractivity contribution is 5.83. The van der Waals surface area contributed by atoms with Gasteiger partial charge in [-0.3, -0.25) is 9.69 Å². The summed E-state index contributed by atoms with van der Waals surface area (Å²) in [4.78, 5) is 18.0. The second-order valence-corrected chi connectivity index (χ2v) is 9.39. The fraction of sp³-hybridized carbons (Fsp3) is 0.682. The largest absolute Gasteiger partial charge is 0.340 e. The van der Waals surface area contributed by atoms with Crippen LogP contribution in [0.5, 0.6) is 0 Å². The average Bonchev–Trinajstić information content (AvgIpc) is 2.63. The Hall–Kier alpha value is -1.42. The molecule has 0 atom stereocenters. The topological polar surface area (TPSA) is 23.6 Å². The molecule has 1 saturated heterocycles. The van der Waals surface area contributed by atoms with Crippen LogP contribution in [0.2, 0.25) is 0 Å². The Kier molecular flexibility index (Phi) is 4.07. The van der Waals surface area contributed by atoms with Crippen molar-refractivity contribution >= 4 is 5.91 Å². The number of carbonyl (C=O) groups excluding carboxylic acids is 1. The second kappa shape index (κ2) is 6.33. The third-order valence-corrected chi connectivity index (χ3v) is 7.47. The third kappa shape index (κ3) is 2.96. The zero-order chi connectivity index (χ0) is 17.7. The molecule has 140 valence electrons. The van der Waals surface area contributed by atoms with E-state index in [-0.39, 0.29) is 11.2 Å². The van der Waals surface area contributed by atoms with E-state index in [9.17, 15) is 9.18 Å². The molecule has 5 aliphatic rings. The van der Waals surface area contributed by atoms with E-state index in [2.05, 4.69) is 9.80 Å². The highest BCUT2D eigenvalue weighted by Gasteiger charge is 2.55. The van der Waals surface area contributed by atoms with Gasteiger partial charge in [0.05, 0.1) is 5.41 Å². The summed E-state index contributed by atoms with van der Waals surface area (Å²) in [5, 5.41) is 0. The minimum absolute atomic E-state index is 0.00607. The molecule has 0 aromatic heterocycles. The van der Waals surface area contributed by atoms with E-state index in [1.165, 1.54) is 31.4 Å². The molecule has 4 heteroatoms. The Morgan fingerprint density at radius 2 is 1.46 bits per heavy atom. The van der Waals surface area contributed by atoms with Crippen LogP contribution in [0.4, 0.5) is 4.39 Å². The van der Waals surface area contributed by atoms with Crippen LogP contribution < -0.4 is 0 Å². The molecule has 0 radical (unpaired) electrons. The SMILES string of the molecule is O=C(N1CCN(Cc2ccc(F)cc2)CC1)C12CC3CC(CC(C3)C1)C2. The van der Waals surface area contributed by atoms with E-state index in [1.54, 1.807) is 0 Å². The lowest BCUT2D eigenvalue weighted by Gasteiger charge is -2.57. The molecule has 0 N–H and O–H groups in total. The molecular weight excluding hydrogens is 327 g/mol. The van der Waals surface area contributed by atoms with Gasteiger partial charge in [0.25, 0.3) is 0 Å². The van der Waals surface area contributed by atoms with E-state index < -0.39 is 0 Å². The molecule has 6 rings (SSSR count). The van der Waals surface area contributed by atoms with Crippen molar-refractivity contribution in [1.29, 1.82) is 0 Å². The molecule has 5 fully saturated rings. The summed E-state index contributed by atoms with van der Waals surface area (Å²) in [6, 6.07) is 6.79. The van der Waals surface area contributed by atoms with Gasteiger partial charge in [0.2, 0.25) is 5.91 Å². The van der Waals surface area contributed by atoms with Gasteiger partial charge in [-0.2, -0.15) is 0 Å². The summed E-state index contributed by atoms with van der Waals surface area (Å²) >= 11 is 0. The molecule has 0 spiro atoms. The Bertz CT molecular complexity index is 643. The number of hydrogen-bond donors (Lipinski definition) is 0. The summed E-state index contributed by atoms with van der Waals surface area (Å²) < 4.78 is 13.1. The third-order valence-electron chi connectivity index (χ3n) is 7.47. The van der Waals surface area contributed by atoms with Crippen LogP contribution in [-0.4, -0.2) is 41.9 Å². The molecule has 4 bridgehead atoms. The second-order valence-electron chi connectivity index (χ2n) is 9.39. The standard InChI is InChI=1S/C22H29FN2O/c23-20-3-1-16(2-4-20)15-24-5-7-25(8-6-24)21(26)22-12-17-9-18(13-22)11-19(10-17)14-22/h1-4,17-19H,5-15H2. The van der Waals surface area contributed by atoms with E-state index in [1.807, 2.05) is 12.1 Å². The zero-order valence-electron chi connectivity index (χ0n) is 15.5. The number of rotatable bonds is 3. The number of carbonyl (C=O) groups is 1. The zero-order valence-corrected chi connectivity index (χ0v) is 15.5. The first-order chi connectivity index (χ1) is 12.6. The van der Waals surface area contributed by atoms with Crippen LogP contribution in [0.3, 0.4) is 0 Å². The summed E-state index contributed by atoms with van der Waals surface area (Å²) in [5.41, 5.74) is 1.14. The van der Waals surface area contributed by atoms with Crippen molar-refractivity contribution in [3.63, 3.8) is 0 Å². The number of halogens is 1. The quantitative estimate of drug-likeness (QED) is 0.825. The van der Waals surface area contributed by atoms with Gasteiger partial charge in [-0.15, -0.1) is 0 Å². The highest BCUT2D eigenvalue weighted by atomic mass is 19.1. The van der Waals surface area contributed by atoms with Gasteiger partial charge in [-0.25, -0.2) is 4.39 Å². The first-order valence-electron chi connectivity index (χ1n) is 10.4. The molecule has 1 aromatic rings. The average molecular weight is 356 g/mol. The van der Waals surface area contributed by atoms with E-state index in [0.29, 0.717) is 5.91 Å².